The summed E-state index contributed by atoms with van der Waals surface area (Å²) in [6, 6.07) is 16.1. The van der Waals surface area contributed by atoms with E-state index in [1.807, 2.05) is 24.3 Å². The van der Waals surface area contributed by atoms with Gasteiger partial charge in [-0.05, 0) is 42.5 Å². The second-order valence-corrected chi connectivity index (χ2v) is 4.75. The van der Waals surface area contributed by atoms with Crippen molar-refractivity contribution >= 4 is 17.5 Å². The maximum atomic E-state index is 11.3. The van der Waals surface area contributed by atoms with Gasteiger partial charge in [-0.25, -0.2) is 0 Å². The van der Waals surface area contributed by atoms with Gasteiger partial charge in [-0.2, -0.15) is 0 Å². The van der Waals surface area contributed by atoms with E-state index in [0.29, 0.717) is 0 Å². The van der Waals surface area contributed by atoms with Gasteiger partial charge in [0.05, 0.1) is 0 Å². The van der Waals surface area contributed by atoms with Crippen molar-refractivity contribution in [1.29, 1.82) is 0 Å². The van der Waals surface area contributed by atoms with Gasteiger partial charge in [0.25, 0.3) is 0 Å². The lowest BCUT2D eigenvalue weighted by Crippen LogP contribution is -1.91. The van der Waals surface area contributed by atoms with Crippen LogP contribution in [-0.4, -0.2) is 12.0 Å². The van der Waals surface area contributed by atoms with E-state index in [2.05, 4.69) is 30.5 Å². The Kier molecular flexibility index (Phi) is 3.64. The highest BCUT2D eigenvalue weighted by molar-refractivity contribution is 7.98. The van der Waals surface area contributed by atoms with Crippen LogP contribution in [0, 0.1) is 0 Å². The fourth-order valence-corrected chi connectivity index (χ4v) is 2.11. The second kappa shape index (κ2) is 5.19. The molecule has 0 N–H and O–H groups in total. The molecular weight excluding hydrogens is 228 g/mol. The molecule has 0 aromatic heterocycles. The molecule has 0 atom stereocenters. The summed E-state index contributed by atoms with van der Waals surface area (Å²) in [7, 11) is 0. The van der Waals surface area contributed by atoms with Crippen molar-refractivity contribution in [1.82, 2.24) is 0 Å². The molecule has 0 aliphatic carbocycles. The van der Waals surface area contributed by atoms with E-state index in [0.717, 1.165) is 16.7 Å². The van der Waals surface area contributed by atoms with Crippen molar-refractivity contribution in [3.8, 4) is 11.1 Å². The Labute approximate surface area is 106 Å². The monoisotopic (exact) mass is 242 g/mol. The Balaban J connectivity index is 2.38. The third-order valence-corrected chi connectivity index (χ3v) is 3.44. The van der Waals surface area contributed by atoms with Gasteiger partial charge < -0.3 is 0 Å². The minimum atomic E-state index is 0.104. The van der Waals surface area contributed by atoms with Crippen LogP contribution in [0.25, 0.3) is 11.1 Å². The molecule has 1 nitrogen and oxygen atoms in total. The van der Waals surface area contributed by atoms with Gasteiger partial charge in [-0.15, -0.1) is 11.8 Å². The van der Waals surface area contributed by atoms with Gasteiger partial charge in [0.15, 0.2) is 5.78 Å². The average molecular weight is 242 g/mol. The highest BCUT2D eigenvalue weighted by Gasteiger charge is 2.02. The predicted octanol–water partition coefficient (Wildman–Crippen LogP) is 4.28. The minimum Gasteiger partial charge on any atom is -0.295 e. The molecular formula is C15H14OS. The van der Waals surface area contributed by atoms with Crippen molar-refractivity contribution in [2.75, 3.05) is 6.26 Å². The van der Waals surface area contributed by atoms with E-state index in [9.17, 15) is 4.79 Å². The summed E-state index contributed by atoms with van der Waals surface area (Å²) in [6.45, 7) is 1.59. The van der Waals surface area contributed by atoms with Crippen LogP contribution in [0.5, 0.6) is 0 Å². The highest BCUT2D eigenvalue weighted by Crippen LogP contribution is 2.23. The molecule has 0 unspecified atom stereocenters. The number of rotatable bonds is 3. The normalized spacial score (nSPS) is 10.2. The van der Waals surface area contributed by atoms with Crippen molar-refractivity contribution in [3.63, 3.8) is 0 Å². The molecule has 0 spiro atoms. The fourth-order valence-electron chi connectivity index (χ4n) is 1.70. The number of carbonyl (C=O) groups is 1. The number of Topliss-reactive ketones (excluding diaryl/α,β-unsaturated/α-hetero) is 1. The highest BCUT2D eigenvalue weighted by atomic mass is 32.2. The van der Waals surface area contributed by atoms with E-state index in [-0.39, 0.29) is 5.78 Å². The van der Waals surface area contributed by atoms with Gasteiger partial charge in [0.2, 0.25) is 0 Å². The third-order valence-electron chi connectivity index (χ3n) is 2.69. The first-order chi connectivity index (χ1) is 8.20. The Morgan fingerprint density at radius 3 is 2.29 bits per heavy atom. The molecule has 2 rings (SSSR count). The van der Waals surface area contributed by atoms with Crippen molar-refractivity contribution in [3.05, 3.63) is 54.1 Å². The molecule has 0 heterocycles. The first-order valence-electron chi connectivity index (χ1n) is 5.46. The second-order valence-electron chi connectivity index (χ2n) is 3.87. The standard InChI is InChI=1S/C15H14OS/c1-11(16)13-4-3-5-14(10-13)12-6-8-15(17-2)9-7-12/h3-10H,1-2H3. The van der Waals surface area contributed by atoms with Crippen LogP contribution in [0.4, 0.5) is 0 Å². The SMILES string of the molecule is CSc1ccc(-c2cccc(C(C)=O)c2)cc1. The van der Waals surface area contributed by atoms with E-state index in [1.165, 1.54) is 4.90 Å². The molecule has 0 radical (unpaired) electrons. The largest absolute Gasteiger partial charge is 0.295 e. The topological polar surface area (TPSA) is 17.1 Å². The molecule has 2 aromatic rings. The van der Waals surface area contributed by atoms with Crippen molar-refractivity contribution < 1.29 is 4.79 Å². The van der Waals surface area contributed by atoms with Crippen LogP contribution in [0.3, 0.4) is 0 Å². The van der Waals surface area contributed by atoms with Crippen LogP contribution in [0.1, 0.15) is 17.3 Å². The quantitative estimate of drug-likeness (QED) is 0.590. The summed E-state index contributed by atoms with van der Waals surface area (Å²) in [6.07, 6.45) is 2.06. The first kappa shape index (κ1) is 11.9. The minimum absolute atomic E-state index is 0.104. The molecule has 17 heavy (non-hydrogen) atoms. The molecule has 0 saturated carbocycles. The van der Waals surface area contributed by atoms with Gasteiger partial charge in [0, 0.05) is 10.5 Å². The summed E-state index contributed by atoms with van der Waals surface area (Å²) in [4.78, 5) is 12.6. The number of hydrogen-bond donors (Lipinski definition) is 0. The maximum Gasteiger partial charge on any atom is 0.159 e. The Morgan fingerprint density at radius 2 is 1.71 bits per heavy atom. The van der Waals surface area contributed by atoms with Gasteiger partial charge in [-0.3, -0.25) is 4.79 Å². The molecule has 0 aliphatic rings. The molecule has 2 heteroatoms. The van der Waals surface area contributed by atoms with E-state index in [4.69, 9.17) is 0 Å². The molecule has 0 saturated heterocycles. The van der Waals surface area contributed by atoms with Crippen molar-refractivity contribution in [2.45, 2.75) is 11.8 Å². The van der Waals surface area contributed by atoms with E-state index < -0.39 is 0 Å². The number of carbonyl (C=O) groups excluding carboxylic acids is 1. The zero-order valence-electron chi connectivity index (χ0n) is 9.94. The van der Waals surface area contributed by atoms with E-state index >= 15 is 0 Å². The van der Waals surface area contributed by atoms with Crippen LogP contribution in [0.2, 0.25) is 0 Å². The predicted molar refractivity (Wildman–Crippen MR) is 73.7 cm³/mol. The number of thioether (sulfide) groups is 1. The van der Waals surface area contributed by atoms with Crippen LogP contribution in [0.15, 0.2) is 53.4 Å². The maximum absolute atomic E-state index is 11.3. The number of hydrogen-bond acceptors (Lipinski definition) is 2. The molecule has 0 bridgehead atoms. The lowest BCUT2D eigenvalue weighted by Gasteiger charge is -2.04. The average Bonchev–Trinajstić information content (AvgIpc) is 2.39. The molecule has 86 valence electrons. The summed E-state index contributed by atoms with van der Waals surface area (Å²) in [5.41, 5.74) is 2.99. The summed E-state index contributed by atoms with van der Waals surface area (Å²) >= 11 is 1.73. The van der Waals surface area contributed by atoms with Crippen LogP contribution >= 0.6 is 11.8 Å². The Bertz CT molecular complexity index is 529. The first-order valence-corrected chi connectivity index (χ1v) is 6.68. The summed E-state index contributed by atoms with van der Waals surface area (Å²) in [5.74, 6) is 0.104. The van der Waals surface area contributed by atoms with E-state index in [1.54, 1.807) is 18.7 Å². The zero-order valence-corrected chi connectivity index (χ0v) is 10.8. The van der Waals surface area contributed by atoms with Gasteiger partial charge in [0.1, 0.15) is 0 Å². The summed E-state index contributed by atoms with van der Waals surface area (Å²) in [5, 5.41) is 0. The molecule has 0 aliphatic heterocycles. The molecule has 2 aromatic carbocycles. The van der Waals surface area contributed by atoms with Crippen LogP contribution in [-0.2, 0) is 0 Å². The van der Waals surface area contributed by atoms with Crippen molar-refractivity contribution in [2.24, 2.45) is 0 Å². The van der Waals surface area contributed by atoms with Gasteiger partial charge in [-0.1, -0.05) is 30.3 Å². The number of ketones is 1. The molecule has 0 amide bonds. The summed E-state index contributed by atoms with van der Waals surface area (Å²) < 4.78 is 0. The number of benzene rings is 2. The Hall–Kier alpha value is -1.54. The lowest BCUT2D eigenvalue weighted by molar-refractivity contribution is 0.101. The zero-order chi connectivity index (χ0) is 12.3. The van der Waals surface area contributed by atoms with Gasteiger partial charge >= 0.3 is 0 Å². The Morgan fingerprint density at radius 1 is 1.00 bits per heavy atom. The third kappa shape index (κ3) is 2.77. The lowest BCUT2D eigenvalue weighted by atomic mass is 10.0. The molecule has 0 fully saturated rings. The smallest absolute Gasteiger partial charge is 0.159 e. The van der Waals surface area contributed by atoms with Crippen LogP contribution < -0.4 is 0 Å². The fraction of sp³-hybridized carbons (Fsp3) is 0.133.